The van der Waals surface area contributed by atoms with Crippen LogP contribution in [-0.2, 0) is 11.2 Å². The number of hydrogen-bond acceptors (Lipinski definition) is 4. The van der Waals surface area contributed by atoms with Crippen LogP contribution in [0.5, 0.6) is 0 Å². The number of rotatable bonds is 3. The normalized spacial score (nSPS) is 10.7. The topological polar surface area (TPSA) is 68.0 Å². The van der Waals surface area contributed by atoms with Crippen molar-refractivity contribution in [2.75, 3.05) is 5.32 Å². The van der Waals surface area contributed by atoms with Crippen LogP contribution in [0, 0.1) is 0 Å². The van der Waals surface area contributed by atoms with Gasteiger partial charge in [0.25, 0.3) is 0 Å². The van der Waals surface area contributed by atoms with Crippen LogP contribution in [0.15, 0.2) is 47.0 Å². The summed E-state index contributed by atoms with van der Waals surface area (Å²) in [5, 5.41) is 7.75. The number of carbonyl (C=O) groups excluding carboxylic acids is 1. The smallest absolute Gasteiger partial charge is 0.231 e. The number of halogens is 1. The summed E-state index contributed by atoms with van der Waals surface area (Å²) in [4.78, 5) is 16.0. The Morgan fingerprint density at radius 2 is 2.05 bits per heavy atom. The molecule has 20 heavy (non-hydrogen) atoms. The molecule has 0 aliphatic heterocycles. The maximum atomic E-state index is 12.0. The Hall–Kier alpha value is -2.40. The Labute approximate surface area is 119 Å². The van der Waals surface area contributed by atoms with Crippen LogP contribution in [-0.4, -0.2) is 16.0 Å². The first-order valence-corrected chi connectivity index (χ1v) is 6.36. The zero-order chi connectivity index (χ0) is 13.9. The number of fused-ring (bicyclic) bond motifs is 1. The van der Waals surface area contributed by atoms with Crippen LogP contribution >= 0.6 is 11.6 Å². The standard InChI is InChI=1S/C14H10ClN3O2/c15-12-6-3-7-13(16-12)17-14(19)8-10-9-4-1-2-5-11(9)20-18-10/h1-7H,8H2,(H,16,17,19). The third-order valence-corrected chi connectivity index (χ3v) is 2.97. The third kappa shape index (κ3) is 2.62. The van der Waals surface area contributed by atoms with E-state index in [2.05, 4.69) is 15.5 Å². The Balaban J connectivity index is 1.76. The van der Waals surface area contributed by atoms with E-state index in [1.807, 2.05) is 24.3 Å². The number of benzene rings is 1. The number of aromatic nitrogens is 2. The van der Waals surface area contributed by atoms with Gasteiger partial charge in [-0.05, 0) is 24.3 Å². The van der Waals surface area contributed by atoms with Crippen molar-refractivity contribution in [3.63, 3.8) is 0 Å². The molecule has 1 amide bonds. The van der Waals surface area contributed by atoms with Crippen LogP contribution in [0.4, 0.5) is 5.82 Å². The largest absolute Gasteiger partial charge is 0.356 e. The highest BCUT2D eigenvalue weighted by Gasteiger charge is 2.12. The minimum atomic E-state index is -0.223. The summed E-state index contributed by atoms with van der Waals surface area (Å²) in [7, 11) is 0. The van der Waals surface area contributed by atoms with E-state index < -0.39 is 0 Å². The number of carbonyl (C=O) groups is 1. The first kappa shape index (κ1) is 12.6. The molecule has 2 aromatic heterocycles. The maximum absolute atomic E-state index is 12.0. The van der Waals surface area contributed by atoms with Crippen LogP contribution in [0.3, 0.4) is 0 Å². The van der Waals surface area contributed by atoms with Gasteiger partial charge in [-0.3, -0.25) is 4.79 Å². The number of hydrogen-bond donors (Lipinski definition) is 1. The number of nitrogens with zero attached hydrogens (tertiary/aromatic N) is 2. The van der Waals surface area contributed by atoms with Crippen molar-refractivity contribution in [2.45, 2.75) is 6.42 Å². The van der Waals surface area contributed by atoms with Gasteiger partial charge in [0.1, 0.15) is 16.7 Å². The Morgan fingerprint density at radius 1 is 1.20 bits per heavy atom. The van der Waals surface area contributed by atoms with Crippen LogP contribution in [0.2, 0.25) is 5.15 Å². The number of para-hydroxylation sites is 1. The van der Waals surface area contributed by atoms with Gasteiger partial charge in [0.15, 0.2) is 5.58 Å². The zero-order valence-corrected chi connectivity index (χ0v) is 11.1. The molecule has 0 bridgehead atoms. The second-order valence-corrected chi connectivity index (χ2v) is 4.58. The fraction of sp³-hybridized carbons (Fsp3) is 0.0714. The molecular weight excluding hydrogens is 278 g/mol. The van der Waals surface area contributed by atoms with Crippen LogP contribution in [0.25, 0.3) is 11.0 Å². The van der Waals surface area contributed by atoms with Crippen molar-refractivity contribution in [3.05, 3.63) is 53.3 Å². The molecule has 0 saturated carbocycles. The average Bonchev–Trinajstić information content (AvgIpc) is 2.82. The summed E-state index contributed by atoms with van der Waals surface area (Å²) in [6.07, 6.45) is 0.116. The Morgan fingerprint density at radius 3 is 2.90 bits per heavy atom. The predicted molar refractivity (Wildman–Crippen MR) is 75.6 cm³/mol. The summed E-state index contributed by atoms with van der Waals surface area (Å²) < 4.78 is 5.15. The molecule has 5 nitrogen and oxygen atoms in total. The number of anilines is 1. The summed E-state index contributed by atoms with van der Waals surface area (Å²) in [6.45, 7) is 0. The minimum Gasteiger partial charge on any atom is -0.356 e. The van der Waals surface area contributed by atoms with Gasteiger partial charge >= 0.3 is 0 Å². The molecule has 3 rings (SSSR count). The maximum Gasteiger partial charge on any atom is 0.231 e. The second-order valence-electron chi connectivity index (χ2n) is 4.20. The molecule has 0 fully saturated rings. The lowest BCUT2D eigenvalue weighted by molar-refractivity contribution is -0.115. The molecule has 3 aromatic rings. The number of pyridine rings is 1. The monoisotopic (exact) mass is 287 g/mol. The van der Waals surface area contributed by atoms with Crippen LogP contribution in [0.1, 0.15) is 5.69 Å². The van der Waals surface area contributed by atoms with Crippen molar-refractivity contribution < 1.29 is 9.32 Å². The van der Waals surface area contributed by atoms with E-state index in [0.717, 1.165) is 5.39 Å². The molecular formula is C14H10ClN3O2. The van der Waals surface area contributed by atoms with E-state index in [9.17, 15) is 4.79 Å². The first-order valence-electron chi connectivity index (χ1n) is 5.98. The molecule has 0 radical (unpaired) electrons. The van der Waals surface area contributed by atoms with Crippen molar-refractivity contribution >= 4 is 34.3 Å². The van der Waals surface area contributed by atoms with Gasteiger partial charge in [-0.25, -0.2) is 4.98 Å². The van der Waals surface area contributed by atoms with Gasteiger partial charge in [-0.15, -0.1) is 0 Å². The number of nitrogens with one attached hydrogen (secondary N) is 1. The van der Waals surface area contributed by atoms with Crippen LogP contribution < -0.4 is 5.32 Å². The lowest BCUT2D eigenvalue weighted by Gasteiger charge is -2.03. The fourth-order valence-electron chi connectivity index (χ4n) is 1.88. The number of amides is 1. The van der Waals surface area contributed by atoms with E-state index in [4.69, 9.17) is 16.1 Å². The quantitative estimate of drug-likeness (QED) is 0.752. The molecule has 0 spiro atoms. The highest BCUT2D eigenvalue weighted by atomic mass is 35.5. The van der Waals surface area contributed by atoms with Gasteiger partial charge in [-0.1, -0.05) is 35.0 Å². The molecule has 0 aliphatic rings. The minimum absolute atomic E-state index is 0.116. The summed E-state index contributed by atoms with van der Waals surface area (Å²) in [6, 6.07) is 12.4. The van der Waals surface area contributed by atoms with Gasteiger partial charge in [0.05, 0.1) is 6.42 Å². The molecule has 100 valence electrons. The lowest BCUT2D eigenvalue weighted by Crippen LogP contribution is -2.15. The molecule has 6 heteroatoms. The highest BCUT2D eigenvalue weighted by Crippen LogP contribution is 2.18. The first-order chi connectivity index (χ1) is 9.72. The fourth-order valence-corrected chi connectivity index (χ4v) is 2.05. The SMILES string of the molecule is O=C(Cc1noc2ccccc12)Nc1cccc(Cl)n1. The van der Waals surface area contributed by atoms with Crippen molar-refractivity contribution in [1.82, 2.24) is 10.1 Å². The molecule has 1 N–H and O–H groups in total. The second kappa shape index (κ2) is 5.30. The molecule has 0 aliphatic carbocycles. The Bertz CT molecular complexity index is 770. The molecule has 0 saturated heterocycles. The highest BCUT2D eigenvalue weighted by molar-refractivity contribution is 6.29. The molecule has 1 aromatic carbocycles. The van der Waals surface area contributed by atoms with Gasteiger partial charge in [-0.2, -0.15) is 0 Å². The summed E-state index contributed by atoms with van der Waals surface area (Å²) in [5.41, 5.74) is 1.26. The molecule has 0 unspecified atom stereocenters. The molecule has 2 heterocycles. The van der Waals surface area contributed by atoms with Gasteiger partial charge in [0.2, 0.25) is 5.91 Å². The van der Waals surface area contributed by atoms with Gasteiger partial charge < -0.3 is 9.84 Å². The van der Waals surface area contributed by atoms with E-state index in [1.54, 1.807) is 18.2 Å². The van der Waals surface area contributed by atoms with E-state index in [-0.39, 0.29) is 12.3 Å². The molecule has 0 atom stereocenters. The van der Waals surface area contributed by atoms with E-state index in [0.29, 0.717) is 22.2 Å². The average molecular weight is 288 g/mol. The summed E-state index contributed by atoms with van der Waals surface area (Å²) in [5.74, 6) is 0.189. The van der Waals surface area contributed by atoms with E-state index >= 15 is 0 Å². The predicted octanol–water partition coefficient (Wildman–Crippen LogP) is 3.06. The zero-order valence-electron chi connectivity index (χ0n) is 10.3. The Kier molecular flexibility index (Phi) is 3.35. The lowest BCUT2D eigenvalue weighted by atomic mass is 10.1. The van der Waals surface area contributed by atoms with Crippen molar-refractivity contribution in [3.8, 4) is 0 Å². The third-order valence-electron chi connectivity index (χ3n) is 2.76. The van der Waals surface area contributed by atoms with Crippen molar-refractivity contribution in [2.24, 2.45) is 0 Å². The summed E-state index contributed by atoms with van der Waals surface area (Å²) >= 11 is 5.76. The van der Waals surface area contributed by atoms with Gasteiger partial charge in [0, 0.05) is 5.39 Å². The van der Waals surface area contributed by atoms with Crippen molar-refractivity contribution in [1.29, 1.82) is 0 Å². The van der Waals surface area contributed by atoms with E-state index in [1.165, 1.54) is 0 Å².